The average Bonchev–Trinajstić information content (AvgIpc) is 3.00. The van der Waals surface area contributed by atoms with Crippen molar-refractivity contribution in [3.8, 4) is 0 Å². The van der Waals surface area contributed by atoms with Crippen LogP contribution in [0.1, 0.15) is 25.6 Å². The fourth-order valence-electron chi connectivity index (χ4n) is 2.46. The summed E-state index contributed by atoms with van der Waals surface area (Å²) in [7, 11) is -5.82. The number of fused-ring (bicyclic) bond motifs is 1. The molecule has 27 heavy (non-hydrogen) atoms. The highest BCUT2D eigenvalue weighted by Crippen LogP contribution is 2.61. The minimum absolute atomic E-state index is 0.0267. The Labute approximate surface area is 155 Å². The molecule has 3 aromatic rings. The largest absolute Gasteiger partial charge is 0.400 e. The Balaban J connectivity index is 2.06. The molecule has 0 radical (unpaired) electrons. The second kappa shape index (κ2) is 6.94. The zero-order chi connectivity index (χ0) is 19.8. The molecule has 140 valence electrons. The molecule has 2 aromatic carbocycles. The van der Waals surface area contributed by atoms with Crippen molar-refractivity contribution in [2.45, 2.75) is 5.66 Å². The number of alkyl halides is 2. The van der Waals surface area contributed by atoms with Crippen molar-refractivity contribution in [1.29, 1.82) is 0 Å². The fraction of sp³-hybridized carbons (Fsp3) is 0.0588. The van der Waals surface area contributed by atoms with Crippen molar-refractivity contribution in [2.75, 3.05) is 5.32 Å². The van der Waals surface area contributed by atoms with Crippen LogP contribution in [0.25, 0.3) is 10.1 Å². The Bertz CT molecular complexity index is 1080. The van der Waals surface area contributed by atoms with Crippen LogP contribution in [-0.2, 0) is 10.2 Å². The molecule has 0 fully saturated rings. The number of hydrogen-bond donors (Lipinski definition) is 3. The van der Waals surface area contributed by atoms with E-state index < -0.39 is 29.6 Å². The van der Waals surface area contributed by atoms with E-state index in [0.29, 0.717) is 17.0 Å². The van der Waals surface area contributed by atoms with Crippen LogP contribution >= 0.6 is 18.9 Å². The second-order valence-corrected chi connectivity index (χ2v) is 8.28. The Kier molecular flexibility index (Phi) is 4.96. The molecule has 0 saturated carbocycles. The third-order valence-electron chi connectivity index (χ3n) is 3.78. The maximum absolute atomic E-state index is 14.1. The number of aldehydes is 1. The molecule has 10 heteroatoms. The number of hydrogen-bond acceptors (Lipinski definition) is 4. The lowest BCUT2D eigenvalue weighted by atomic mass is 10.1. The molecule has 1 amide bonds. The van der Waals surface area contributed by atoms with Gasteiger partial charge in [0.25, 0.3) is 5.91 Å². The van der Waals surface area contributed by atoms with E-state index in [1.807, 2.05) is 0 Å². The first-order valence-corrected chi connectivity index (χ1v) is 9.90. The Morgan fingerprint density at radius 3 is 2.41 bits per heavy atom. The Hall–Kier alpha value is -2.45. The number of para-hydroxylation sites is 1. The molecule has 0 saturated heterocycles. The molecule has 3 N–H and O–H groups in total. The highest BCUT2D eigenvalue weighted by Gasteiger charge is 2.53. The number of halogens is 2. The SMILES string of the molecule is O=Cc1c(C(F)(F)P(=O)(O)O)sc2ccc(C(=O)Nc3ccccc3)cc12. The summed E-state index contributed by atoms with van der Waals surface area (Å²) in [4.78, 5) is 40.6. The van der Waals surface area contributed by atoms with Gasteiger partial charge in [-0.05, 0) is 30.3 Å². The van der Waals surface area contributed by atoms with E-state index in [1.165, 1.54) is 18.2 Å². The zero-order valence-electron chi connectivity index (χ0n) is 13.4. The van der Waals surface area contributed by atoms with Crippen LogP contribution in [0.4, 0.5) is 14.5 Å². The molecule has 0 unspecified atom stereocenters. The lowest BCUT2D eigenvalue weighted by Crippen LogP contribution is -2.14. The van der Waals surface area contributed by atoms with Crippen molar-refractivity contribution in [1.82, 2.24) is 0 Å². The Morgan fingerprint density at radius 2 is 1.81 bits per heavy atom. The summed E-state index contributed by atoms with van der Waals surface area (Å²) in [6.45, 7) is 0. The molecule has 3 rings (SSSR count). The number of amides is 1. The second-order valence-electron chi connectivity index (χ2n) is 5.58. The lowest BCUT2D eigenvalue weighted by Gasteiger charge is -2.16. The van der Waals surface area contributed by atoms with E-state index in [4.69, 9.17) is 9.79 Å². The predicted molar refractivity (Wildman–Crippen MR) is 97.5 cm³/mol. The van der Waals surface area contributed by atoms with Crippen LogP contribution in [0.2, 0.25) is 0 Å². The molecule has 0 aliphatic rings. The van der Waals surface area contributed by atoms with Crippen molar-refractivity contribution in [2.24, 2.45) is 0 Å². The van der Waals surface area contributed by atoms with E-state index in [2.05, 4.69) is 5.32 Å². The standard InChI is InChI=1S/C17H12F2NO5PS/c18-17(19,26(23,24)25)15-13(9-21)12-8-10(6-7-14(12)27-15)16(22)20-11-4-2-1-3-5-11/h1-9H,(H,20,22)(H2,23,24,25). The highest BCUT2D eigenvalue weighted by atomic mass is 32.1. The molecule has 0 aliphatic heterocycles. The van der Waals surface area contributed by atoms with Crippen molar-refractivity contribution < 1.29 is 32.7 Å². The van der Waals surface area contributed by atoms with Crippen molar-refractivity contribution in [3.05, 3.63) is 64.5 Å². The maximum Gasteiger partial charge on any atom is 0.400 e. The van der Waals surface area contributed by atoms with Gasteiger partial charge < -0.3 is 15.1 Å². The molecule has 0 bridgehead atoms. The predicted octanol–water partition coefficient (Wildman–Crippen LogP) is 4.19. The van der Waals surface area contributed by atoms with E-state index in [1.54, 1.807) is 30.3 Å². The summed E-state index contributed by atoms with van der Waals surface area (Å²) in [5.74, 6) is -0.519. The van der Waals surface area contributed by atoms with Crippen molar-refractivity contribution in [3.63, 3.8) is 0 Å². The van der Waals surface area contributed by atoms with E-state index >= 15 is 0 Å². The number of thiophene rings is 1. The number of nitrogens with one attached hydrogen (secondary N) is 1. The highest BCUT2D eigenvalue weighted by molar-refractivity contribution is 7.53. The van der Waals surface area contributed by atoms with Crippen LogP contribution in [0.3, 0.4) is 0 Å². The summed E-state index contributed by atoms with van der Waals surface area (Å²) in [6, 6.07) is 12.5. The summed E-state index contributed by atoms with van der Waals surface area (Å²) in [5.41, 5.74) is -4.41. The van der Waals surface area contributed by atoms with Crippen molar-refractivity contribution >= 4 is 46.9 Å². The van der Waals surface area contributed by atoms with Crippen LogP contribution in [-0.4, -0.2) is 22.0 Å². The molecule has 0 spiro atoms. The first-order valence-electron chi connectivity index (χ1n) is 7.47. The number of benzene rings is 2. The van der Waals surface area contributed by atoms with Gasteiger partial charge in [0.2, 0.25) is 0 Å². The fourth-order valence-corrected chi connectivity index (χ4v) is 4.36. The van der Waals surface area contributed by atoms with E-state index in [9.17, 15) is 22.9 Å². The monoisotopic (exact) mass is 411 g/mol. The summed E-state index contributed by atoms with van der Waals surface area (Å²) >= 11 is 0.402. The van der Waals surface area contributed by atoms with E-state index in [-0.39, 0.29) is 21.9 Å². The molecule has 0 atom stereocenters. The average molecular weight is 411 g/mol. The lowest BCUT2D eigenvalue weighted by molar-refractivity contribution is 0.0593. The molecule has 1 aromatic heterocycles. The van der Waals surface area contributed by atoms with Gasteiger partial charge in [-0.2, -0.15) is 8.78 Å². The molecule has 6 nitrogen and oxygen atoms in total. The van der Waals surface area contributed by atoms with Gasteiger partial charge >= 0.3 is 13.3 Å². The van der Waals surface area contributed by atoms with Gasteiger partial charge in [-0.3, -0.25) is 14.2 Å². The van der Waals surface area contributed by atoms with Crippen LogP contribution in [0.5, 0.6) is 0 Å². The molecular weight excluding hydrogens is 399 g/mol. The van der Waals surface area contributed by atoms with Gasteiger partial charge in [-0.25, -0.2) is 0 Å². The zero-order valence-corrected chi connectivity index (χ0v) is 15.1. The van der Waals surface area contributed by atoms with Gasteiger partial charge in [0, 0.05) is 26.9 Å². The number of carbonyl (C=O) groups is 2. The van der Waals surface area contributed by atoms with Gasteiger partial charge in [-0.15, -0.1) is 11.3 Å². The van der Waals surface area contributed by atoms with Gasteiger partial charge in [-0.1, -0.05) is 18.2 Å². The minimum atomic E-state index is -5.82. The molecule has 1 heterocycles. The number of rotatable bonds is 5. The third kappa shape index (κ3) is 3.54. The van der Waals surface area contributed by atoms with Gasteiger partial charge in [0.1, 0.15) is 0 Å². The van der Waals surface area contributed by atoms with Gasteiger partial charge in [0.05, 0.1) is 4.88 Å². The van der Waals surface area contributed by atoms with Crippen LogP contribution in [0, 0.1) is 0 Å². The third-order valence-corrected chi connectivity index (χ3v) is 6.14. The maximum atomic E-state index is 14.1. The molecular formula is C17H12F2NO5PS. The first-order chi connectivity index (χ1) is 12.6. The Morgan fingerprint density at radius 1 is 1.15 bits per heavy atom. The smallest absolute Gasteiger partial charge is 0.322 e. The van der Waals surface area contributed by atoms with Crippen LogP contribution in [0.15, 0.2) is 48.5 Å². The van der Waals surface area contributed by atoms with Crippen LogP contribution < -0.4 is 5.32 Å². The summed E-state index contributed by atoms with van der Waals surface area (Å²) < 4.78 is 39.6. The molecule has 0 aliphatic carbocycles. The summed E-state index contributed by atoms with van der Waals surface area (Å²) in [5, 5.41) is 2.65. The first kappa shape index (κ1) is 19.3. The van der Waals surface area contributed by atoms with Gasteiger partial charge in [0.15, 0.2) is 6.29 Å². The summed E-state index contributed by atoms with van der Waals surface area (Å²) in [6.07, 6.45) is 0.108. The number of anilines is 1. The minimum Gasteiger partial charge on any atom is -0.322 e. The topological polar surface area (TPSA) is 104 Å². The van der Waals surface area contributed by atoms with E-state index in [0.717, 1.165) is 0 Å². The quantitative estimate of drug-likeness (QED) is 0.431. The normalized spacial score (nSPS) is 12.1. The number of carbonyl (C=O) groups excluding carboxylic acids is 2.